The summed E-state index contributed by atoms with van der Waals surface area (Å²) in [6, 6.07) is 0. The fourth-order valence-electron chi connectivity index (χ4n) is 6.87. The Morgan fingerprint density at radius 2 is 0.782 bits per heavy atom. The van der Waals surface area contributed by atoms with E-state index in [1.165, 1.54) is 0 Å². The molecule has 320 valence electrons. The quantitative estimate of drug-likeness (QED) is 0.0870. The lowest BCUT2D eigenvalue weighted by molar-refractivity contribution is -0.382. The Hall–Kier alpha value is -1.00. The van der Waals surface area contributed by atoms with Crippen LogP contribution in [0.1, 0.15) is 0 Å². The van der Waals surface area contributed by atoms with Crippen LogP contribution < -0.4 is 0 Å². The molecule has 24 atom stereocenters. The van der Waals surface area contributed by atoms with Gasteiger partial charge in [0.2, 0.25) is 0 Å². The topological polar surface area (TPSA) is 385 Å². The van der Waals surface area contributed by atoms with Gasteiger partial charge in [0.15, 0.2) is 37.7 Å². The molecule has 6 aliphatic heterocycles. The van der Waals surface area contributed by atoms with Crippen LogP contribution in [0, 0.1) is 0 Å². The predicted octanol–water partition coefficient (Wildman–Crippen LogP) is -10.3. The van der Waals surface area contributed by atoms with Gasteiger partial charge in [0.25, 0.3) is 0 Å². The SMILES string of the molecule is OC[C@@H]1O[C@@H](O[C@@H]2[C@@H](O[C@@H]3O[C@@H](CO)[C@H](O)[C@H]3O)[C@H](O[C@@H]3CO[C@@H](O[C@@H]4CO[C@@H](O)[C@H](O)[C@H]4O)[C@H](O)[C@H]3O)OC[C@H]2O[C@@H]2OC[C@@H](O)[C@H](O)[C@H]2O)[C@H](O)[C@H]1O. The first-order valence-corrected chi connectivity index (χ1v) is 17.6. The lowest BCUT2D eigenvalue weighted by Gasteiger charge is -2.47. The summed E-state index contributed by atoms with van der Waals surface area (Å²) in [6.45, 7) is -3.50. The molecule has 0 bridgehead atoms. The number of rotatable bonds is 12. The van der Waals surface area contributed by atoms with Crippen molar-refractivity contribution in [3.05, 3.63) is 0 Å². The third-order valence-electron chi connectivity index (χ3n) is 10.2. The van der Waals surface area contributed by atoms with Gasteiger partial charge in [0, 0.05) is 0 Å². The minimum atomic E-state index is -1.88. The summed E-state index contributed by atoms with van der Waals surface area (Å²) in [6.07, 6.45) is -39.6. The highest BCUT2D eigenvalue weighted by molar-refractivity contribution is 4.96. The van der Waals surface area contributed by atoms with Crippen molar-refractivity contribution < 1.29 is 124 Å². The van der Waals surface area contributed by atoms with Crippen molar-refractivity contribution >= 4 is 0 Å². The maximum Gasteiger partial charge on any atom is 0.187 e. The molecule has 0 aromatic rings. The van der Waals surface area contributed by atoms with E-state index >= 15 is 0 Å². The highest BCUT2D eigenvalue weighted by atomic mass is 16.8. The highest BCUT2D eigenvalue weighted by Gasteiger charge is 2.56. The molecule has 25 nitrogen and oxygen atoms in total. The minimum absolute atomic E-state index is 0.416. The molecule has 6 heterocycles. The molecule has 6 saturated heterocycles. The van der Waals surface area contributed by atoms with Crippen molar-refractivity contribution in [2.45, 2.75) is 148 Å². The molecular weight excluding hydrogens is 760 g/mol. The zero-order valence-corrected chi connectivity index (χ0v) is 28.9. The Balaban J connectivity index is 1.24. The van der Waals surface area contributed by atoms with Crippen LogP contribution in [-0.4, -0.2) is 259 Å². The van der Waals surface area contributed by atoms with Crippen LogP contribution >= 0.6 is 0 Å². The molecule has 25 heteroatoms. The number of ether oxygens (including phenoxy) is 11. The Labute approximate surface area is 311 Å². The number of hydrogen-bond donors (Lipinski definition) is 14. The van der Waals surface area contributed by atoms with Crippen molar-refractivity contribution in [3.63, 3.8) is 0 Å². The van der Waals surface area contributed by atoms with Crippen LogP contribution in [0.2, 0.25) is 0 Å². The Kier molecular flexibility index (Phi) is 14.7. The summed E-state index contributed by atoms with van der Waals surface area (Å²) >= 11 is 0. The van der Waals surface area contributed by atoms with Gasteiger partial charge in [-0.2, -0.15) is 0 Å². The molecule has 6 rings (SSSR count). The second-order valence-corrected chi connectivity index (χ2v) is 14.0. The second-order valence-electron chi connectivity index (χ2n) is 14.0. The van der Waals surface area contributed by atoms with E-state index in [4.69, 9.17) is 52.1 Å². The van der Waals surface area contributed by atoms with Crippen molar-refractivity contribution in [1.29, 1.82) is 0 Å². The van der Waals surface area contributed by atoms with Gasteiger partial charge in [-0.25, -0.2) is 0 Å². The summed E-state index contributed by atoms with van der Waals surface area (Å²) in [5, 5.41) is 144. The monoisotopic (exact) mass is 810 g/mol. The highest BCUT2D eigenvalue weighted by Crippen LogP contribution is 2.36. The molecule has 0 radical (unpaired) electrons. The Morgan fingerprint density at radius 3 is 1.35 bits per heavy atom. The van der Waals surface area contributed by atoms with E-state index in [2.05, 4.69) is 0 Å². The van der Waals surface area contributed by atoms with Crippen LogP contribution in [0.15, 0.2) is 0 Å². The molecule has 0 spiro atoms. The van der Waals surface area contributed by atoms with Gasteiger partial charge < -0.3 is 124 Å². The van der Waals surface area contributed by atoms with E-state index in [0.717, 1.165) is 0 Å². The van der Waals surface area contributed by atoms with Crippen molar-refractivity contribution in [1.82, 2.24) is 0 Å². The van der Waals surface area contributed by atoms with E-state index in [1.807, 2.05) is 0 Å². The van der Waals surface area contributed by atoms with Crippen LogP contribution in [-0.2, 0) is 52.1 Å². The molecule has 6 fully saturated rings. The lowest BCUT2D eigenvalue weighted by atomic mass is 10.0. The minimum Gasteiger partial charge on any atom is -0.394 e. The summed E-state index contributed by atoms with van der Waals surface area (Å²) in [5.74, 6) is 0. The van der Waals surface area contributed by atoms with Crippen LogP contribution in [0.3, 0.4) is 0 Å². The zero-order chi connectivity index (χ0) is 39.9. The van der Waals surface area contributed by atoms with E-state index in [9.17, 15) is 71.5 Å². The van der Waals surface area contributed by atoms with Crippen LogP contribution in [0.25, 0.3) is 0 Å². The van der Waals surface area contributed by atoms with Crippen molar-refractivity contribution in [3.8, 4) is 0 Å². The molecular formula is C30H50O25. The van der Waals surface area contributed by atoms with Gasteiger partial charge in [-0.15, -0.1) is 0 Å². The van der Waals surface area contributed by atoms with E-state index in [-0.39, 0.29) is 0 Å². The molecule has 14 N–H and O–H groups in total. The average molecular weight is 811 g/mol. The fourth-order valence-corrected chi connectivity index (χ4v) is 6.87. The summed E-state index contributed by atoms with van der Waals surface area (Å²) in [5.41, 5.74) is 0. The Morgan fingerprint density at radius 1 is 0.364 bits per heavy atom. The standard InChI is InChI=1S/C30H50O25/c31-1-8-14(35)21(42)28(49-8)54-23-12(53-26-19(40)13(34)7(33)3-46-26)6-48-30(24(23)55-29-22(43)15(36)9(2-32)50-29)52-11-5-47-27(20(41)17(11)38)51-10-4-45-25(44)18(39)16(10)37/h7-44H,1-6H2/t7-,8+,9+,10-,11-,12-,13+,14+,15+,16+,17+,18-,19-,20-,21-,22-,23+,24-,25-,26+,27+,28+,29+,30+/m1/s1. The Bertz CT molecular complexity index is 1210. The third kappa shape index (κ3) is 9.11. The van der Waals surface area contributed by atoms with Gasteiger partial charge in [-0.1, -0.05) is 0 Å². The van der Waals surface area contributed by atoms with Crippen molar-refractivity contribution in [2.75, 3.05) is 39.6 Å². The average Bonchev–Trinajstić information content (AvgIpc) is 3.61. The maximum absolute atomic E-state index is 11.1. The first-order valence-electron chi connectivity index (χ1n) is 17.6. The van der Waals surface area contributed by atoms with Crippen molar-refractivity contribution in [2.24, 2.45) is 0 Å². The summed E-state index contributed by atoms with van der Waals surface area (Å²) in [7, 11) is 0. The predicted molar refractivity (Wildman–Crippen MR) is 163 cm³/mol. The number of aliphatic hydroxyl groups excluding tert-OH is 14. The fraction of sp³-hybridized carbons (Fsp3) is 1.00. The summed E-state index contributed by atoms with van der Waals surface area (Å²) < 4.78 is 62.2. The van der Waals surface area contributed by atoms with Gasteiger partial charge in [-0.05, 0) is 0 Å². The molecule has 0 saturated carbocycles. The molecule has 0 aliphatic carbocycles. The summed E-state index contributed by atoms with van der Waals surface area (Å²) in [4.78, 5) is 0. The van der Waals surface area contributed by atoms with E-state index < -0.39 is 187 Å². The van der Waals surface area contributed by atoms with Gasteiger partial charge >= 0.3 is 0 Å². The smallest absolute Gasteiger partial charge is 0.187 e. The molecule has 0 unspecified atom stereocenters. The number of hydrogen-bond acceptors (Lipinski definition) is 25. The first-order chi connectivity index (χ1) is 26.1. The van der Waals surface area contributed by atoms with E-state index in [1.54, 1.807) is 0 Å². The maximum atomic E-state index is 11.1. The second kappa shape index (κ2) is 18.5. The molecule has 55 heavy (non-hydrogen) atoms. The number of aliphatic hydroxyl groups is 14. The van der Waals surface area contributed by atoms with Gasteiger partial charge in [0.05, 0.1) is 39.6 Å². The van der Waals surface area contributed by atoms with E-state index in [0.29, 0.717) is 0 Å². The van der Waals surface area contributed by atoms with Gasteiger partial charge in [-0.3, -0.25) is 0 Å². The van der Waals surface area contributed by atoms with Crippen LogP contribution in [0.5, 0.6) is 0 Å². The largest absolute Gasteiger partial charge is 0.394 e. The molecule has 0 amide bonds. The molecule has 0 aromatic carbocycles. The lowest BCUT2D eigenvalue weighted by Crippen LogP contribution is -2.64. The normalized spacial score (nSPS) is 53.8. The zero-order valence-electron chi connectivity index (χ0n) is 28.9. The third-order valence-corrected chi connectivity index (χ3v) is 10.2. The van der Waals surface area contributed by atoms with Gasteiger partial charge in [0.1, 0.15) is 110 Å². The molecule has 6 aliphatic rings. The first kappa shape index (κ1) is 43.6. The van der Waals surface area contributed by atoms with Crippen LogP contribution in [0.4, 0.5) is 0 Å². The molecule has 0 aromatic heterocycles.